The van der Waals surface area contributed by atoms with Gasteiger partial charge in [0.05, 0.1) is 33.9 Å². The van der Waals surface area contributed by atoms with Crippen molar-refractivity contribution in [2.45, 2.75) is 6.18 Å². The first kappa shape index (κ1) is 33.5. The molecular formula is C47H28F3N5. The summed E-state index contributed by atoms with van der Waals surface area (Å²) in [5.41, 5.74) is 6.62. The fourth-order valence-corrected chi connectivity index (χ4v) is 7.13. The number of aromatic nitrogens is 4. The van der Waals surface area contributed by atoms with Crippen molar-refractivity contribution in [2.24, 2.45) is 0 Å². The maximum absolute atomic E-state index is 14.5. The van der Waals surface area contributed by atoms with Gasteiger partial charge in [0.1, 0.15) is 0 Å². The third kappa shape index (κ3) is 6.18. The van der Waals surface area contributed by atoms with Gasteiger partial charge >= 0.3 is 6.18 Å². The average Bonchev–Trinajstić information content (AvgIpc) is 3.57. The van der Waals surface area contributed by atoms with Crippen LogP contribution >= 0.6 is 0 Å². The van der Waals surface area contributed by atoms with Crippen molar-refractivity contribution < 1.29 is 13.2 Å². The number of halogens is 3. The first-order valence-electron chi connectivity index (χ1n) is 17.6. The molecular weight excluding hydrogens is 692 g/mol. The zero-order chi connectivity index (χ0) is 37.5. The van der Waals surface area contributed by atoms with E-state index in [2.05, 4.69) is 22.8 Å². The van der Waals surface area contributed by atoms with Gasteiger partial charge in [-0.05, 0) is 64.7 Å². The first-order valence-corrected chi connectivity index (χ1v) is 17.6. The molecule has 0 saturated heterocycles. The number of alkyl halides is 3. The van der Waals surface area contributed by atoms with Gasteiger partial charge in [-0.3, -0.25) is 0 Å². The minimum Gasteiger partial charge on any atom is -0.308 e. The van der Waals surface area contributed by atoms with Gasteiger partial charge < -0.3 is 4.57 Å². The maximum Gasteiger partial charge on any atom is 0.417 e. The van der Waals surface area contributed by atoms with Crippen LogP contribution in [0, 0.1) is 11.3 Å². The molecule has 0 amide bonds. The van der Waals surface area contributed by atoms with Crippen LogP contribution in [-0.2, 0) is 6.18 Å². The van der Waals surface area contributed by atoms with Gasteiger partial charge in [0, 0.05) is 27.5 Å². The highest BCUT2D eigenvalue weighted by molar-refractivity contribution is 6.10. The van der Waals surface area contributed by atoms with Crippen LogP contribution in [0.2, 0.25) is 0 Å². The van der Waals surface area contributed by atoms with Gasteiger partial charge in [0.25, 0.3) is 0 Å². The van der Waals surface area contributed by atoms with Crippen LogP contribution in [0.15, 0.2) is 170 Å². The van der Waals surface area contributed by atoms with Crippen LogP contribution in [0.4, 0.5) is 13.2 Å². The molecule has 0 fully saturated rings. The number of benzene rings is 7. The number of hydrogen-bond donors (Lipinski definition) is 0. The number of nitriles is 1. The summed E-state index contributed by atoms with van der Waals surface area (Å²) in [5.74, 6) is 1.30. The fourth-order valence-electron chi connectivity index (χ4n) is 7.13. The molecule has 55 heavy (non-hydrogen) atoms. The molecule has 2 aromatic heterocycles. The second-order valence-electron chi connectivity index (χ2n) is 13.1. The van der Waals surface area contributed by atoms with Gasteiger partial charge in [0.15, 0.2) is 17.5 Å². The summed E-state index contributed by atoms with van der Waals surface area (Å²) in [5, 5.41) is 11.3. The normalized spacial score (nSPS) is 11.5. The Bertz CT molecular complexity index is 2850. The highest BCUT2D eigenvalue weighted by Crippen LogP contribution is 2.42. The van der Waals surface area contributed by atoms with Crippen LogP contribution in [0.5, 0.6) is 0 Å². The predicted molar refractivity (Wildman–Crippen MR) is 211 cm³/mol. The summed E-state index contributed by atoms with van der Waals surface area (Å²) in [4.78, 5) is 14.9. The van der Waals surface area contributed by atoms with Crippen molar-refractivity contribution in [1.82, 2.24) is 19.5 Å². The van der Waals surface area contributed by atoms with Gasteiger partial charge in [-0.2, -0.15) is 18.4 Å². The molecule has 262 valence electrons. The molecule has 7 aromatic carbocycles. The van der Waals surface area contributed by atoms with Crippen LogP contribution in [0.1, 0.15) is 11.1 Å². The van der Waals surface area contributed by atoms with Crippen molar-refractivity contribution in [3.8, 4) is 68.2 Å². The second-order valence-corrected chi connectivity index (χ2v) is 13.1. The molecule has 5 nitrogen and oxygen atoms in total. The Morgan fingerprint density at radius 3 is 1.69 bits per heavy atom. The van der Waals surface area contributed by atoms with E-state index in [9.17, 15) is 18.4 Å². The summed E-state index contributed by atoms with van der Waals surface area (Å²) < 4.78 is 45.5. The second kappa shape index (κ2) is 13.6. The van der Waals surface area contributed by atoms with Gasteiger partial charge in [-0.15, -0.1) is 0 Å². The van der Waals surface area contributed by atoms with E-state index in [1.165, 1.54) is 12.1 Å². The number of hydrogen-bond acceptors (Lipinski definition) is 4. The van der Waals surface area contributed by atoms with Crippen LogP contribution < -0.4 is 0 Å². The zero-order valence-corrected chi connectivity index (χ0v) is 29.0. The Labute approximate surface area is 314 Å². The Kier molecular flexibility index (Phi) is 8.25. The van der Waals surface area contributed by atoms with E-state index in [0.29, 0.717) is 39.9 Å². The quantitative estimate of drug-likeness (QED) is 0.172. The molecule has 0 aliphatic heterocycles. The maximum atomic E-state index is 14.5. The van der Waals surface area contributed by atoms with Crippen molar-refractivity contribution in [1.29, 1.82) is 5.26 Å². The lowest BCUT2D eigenvalue weighted by molar-refractivity contribution is -0.137. The van der Waals surface area contributed by atoms with Gasteiger partial charge in [0.2, 0.25) is 0 Å². The number of nitrogens with zero attached hydrogens (tertiary/aromatic N) is 5. The molecule has 0 bridgehead atoms. The van der Waals surface area contributed by atoms with E-state index in [4.69, 9.17) is 15.0 Å². The van der Waals surface area contributed by atoms with Crippen LogP contribution in [0.3, 0.4) is 0 Å². The first-order chi connectivity index (χ1) is 26.9. The molecule has 0 N–H and O–H groups in total. The van der Waals surface area contributed by atoms with Crippen molar-refractivity contribution in [3.63, 3.8) is 0 Å². The Balaban J connectivity index is 1.37. The van der Waals surface area contributed by atoms with E-state index in [0.717, 1.165) is 50.1 Å². The van der Waals surface area contributed by atoms with Crippen LogP contribution in [-0.4, -0.2) is 19.5 Å². The molecule has 0 aliphatic rings. The van der Waals surface area contributed by atoms with Gasteiger partial charge in [-0.1, -0.05) is 127 Å². The van der Waals surface area contributed by atoms with E-state index in [1.54, 1.807) is 30.3 Å². The lowest BCUT2D eigenvalue weighted by Gasteiger charge is -2.18. The molecule has 2 heterocycles. The van der Waals surface area contributed by atoms with Crippen molar-refractivity contribution in [2.75, 3.05) is 0 Å². The predicted octanol–water partition coefficient (Wildman–Crippen LogP) is 12.2. The summed E-state index contributed by atoms with van der Waals surface area (Å²) >= 11 is 0. The topological polar surface area (TPSA) is 67.4 Å². The third-order valence-corrected chi connectivity index (χ3v) is 9.74. The Morgan fingerprint density at radius 2 is 1.02 bits per heavy atom. The molecule has 9 aromatic rings. The molecule has 0 aliphatic carbocycles. The summed E-state index contributed by atoms with van der Waals surface area (Å²) in [6.07, 6.45) is -4.57. The van der Waals surface area contributed by atoms with E-state index >= 15 is 0 Å². The Hall–Kier alpha value is -7.37. The average molecular weight is 720 g/mol. The molecule has 0 atom stereocenters. The highest BCUT2D eigenvalue weighted by Gasteiger charge is 2.33. The summed E-state index contributed by atoms with van der Waals surface area (Å²) in [7, 11) is 0. The van der Waals surface area contributed by atoms with Crippen LogP contribution in [0.25, 0.3) is 83.9 Å². The Morgan fingerprint density at radius 1 is 0.455 bits per heavy atom. The minimum atomic E-state index is -4.57. The molecule has 9 rings (SSSR count). The van der Waals surface area contributed by atoms with E-state index in [-0.39, 0.29) is 5.56 Å². The molecule has 8 heteroatoms. The number of rotatable bonds is 6. The van der Waals surface area contributed by atoms with Gasteiger partial charge in [-0.25, -0.2) is 15.0 Å². The molecule has 0 radical (unpaired) electrons. The third-order valence-electron chi connectivity index (χ3n) is 9.74. The SMILES string of the molecule is N#Cc1ccc(-c2ccc3c4ccccc4n(-c4cc(-c5ccccc5C(F)(F)F)ccc4-c4nc(-c5ccccc5)nc(-c5ccccc5)n4)c3c2)cc1. The monoisotopic (exact) mass is 719 g/mol. The fraction of sp³-hybridized carbons (Fsp3) is 0.0213. The van der Waals surface area contributed by atoms with E-state index in [1.807, 2.05) is 109 Å². The number of para-hydroxylation sites is 1. The minimum absolute atomic E-state index is 0.0624. The van der Waals surface area contributed by atoms with Crippen molar-refractivity contribution >= 4 is 21.8 Å². The smallest absolute Gasteiger partial charge is 0.308 e. The van der Waals surface area contributed by atoms with Crippen molar-refractivity contribution in [3.05, 3.63) is 181 Å². The highest BCUT2D eigenvalue weighted by atomic mass is 19.4. The van der Waals surface area contributed by atoms with E-state index < -0.39 is 11.7 Å². The lowest BCUT2D eigenvalue weighted by atomic mass is 9.96. The molecule has 0 spiro atoms. The lowest BCUT2D eigenvalue weighted by Crippen LogP contribution is -2.07. The molecule has 0 unspecified atom stereocenters. The molecule has 0 saturated carbocycles. The number of fused-ring (bicyclic) bond motifs is 3. The summed E-state index contributed by atoms with van der Waals surface area (Å²) in [6, 6.07) is 53.9. The zero-order valence-electron chi connectivity index (χ0n) is 29.0. The summed E-state index contributed by atoms with van der Waals surface area (Å²) in [6.45, 7) is 0. The standard InChI is InChI=1S/C47H28F3N5/c48-47(49,50)40-17-9-7-15-36(40)35-24-26-39(46-53-44(32-11-3-1-4-12-32)52-45(54-46)33-13-5-2-6-14-33)43(28-35)55-41-18-10-8-16-37(41)38-25-23-34(27-42(38)55)31-21-19-30(29-51)20-22-31/h1-28H. The largest absolute Gasteiger partial charge is 0.417 e.